The molecule has 0 amide bonds. The van der Waals surface area contributed by atoms with Crippen molar-refractivity contribution in [2.24, 2.45) is 0 Å². The fraction of sp³-hybridized carbons (Fsp3) is 0.250. The summed E-state index contributed by atoms with van der Waals surface area (Å²) in [5.41, 5.74) is 0. The molecule has 0 bridgehead atoms. The van der Waals surface area contributed by atoms with Crippen LogP contribution in [0, 0.1) is 29.1 Å². The third kappa shape index (κ3) is 2.22. The van der Waals surface area contributed by atoms with Crippen LogP contribution in [0.1, 0.15) is 6.92 Å². The van der Waals surface area contributed by atoms with Gasteiger partial charge in [0, 0.05) is 0 Å². The van der Waals surface area contributed by atoms with Crippen molar-refractivity contribution in [3.05, 3.63) is 29.1 Å². The number of rotatable bonds is 2. The van der Waals surface area contributed by atoms with Gasteiger partial charge in [-0.15, -0.1) is 0 Å². The molecule has 1 atom stereocenters. The molecule has 1 nitrogen and oxygen atoms in total. The highest BCUT2D eigenvalue weighted by atomic mass is 79.9. The van der Waals surface area contributed by atoms with Crippen molar-refractivity contribution in [1.29, 1.82) is 0 Å². The second-order valence-electron chi connectivity index (χ2n) is 2.56. The molecule has 0 fully saturated rings. The Morgan fingerprint density at radius 2 is 1.20 bits per heavy atom. The second-order valence-corrected chi connectivity index (χ2v) is 3.85. The van der Waals surface area contributed by atoms with Crippen molar-refractivity contribution in [1.82, 2.24) is 0 Å². The van der Waals surface area contributed by atoms with Gasteiger partial charge >= 0.3 is 0 Å². The molecule has 0 heterocycles. The number of halogens is 6. The van der Waals surface area contributed by atoms with Crippen LogP contribution in [0.25, 0.3) is 0 Å². The molecule has 0 aliphatic rings. The predicted molar refractivity (Wildman–Crippen MR) is 45.2 cm³/mol. The lowest BCUT2D eigenvalue weighted by Gasteiger charge is -2.11. The van der Waals surface area contributed by atoms with Crippen LogP contribution in [-0.2, 0) is 0 Å². The topological polar surface area (TPSA) is 9.23 Å². The van der Waals surface area contributed by atoms with E-state index in [4.69, 9.17) is 0 Å². The Morgan fingerprint density at radius 1 is 0.867 bits per heavy atom. The largest absolute Gasteiger partial charge is 0.473 e. The lowest BCUT2D eigenvalue weighted by molar-refractivity contribution is 0.259. The molecule has 0 saturated heterocycles. The van der Waals surface area contributed by atoms with Gasteiger partial charge in [-0.05, 0) is 22.9 Å². The smallest absolute Gasteiger partial charge is 0.207 e. The molecule has 0 N–H and O–H groups in total. The molecular formula is C8H4BrF5O. The van der Waals surface area contributed by atoms with Crippen molar-refractivity contribution < 1.29 is 26.7 Å². The molecule has 0 radical (unpaired) electrons. The maximum Gasteiger partial charge on any atom is 0.207 e. The van der Waals surface area contributed by atoms with Crippen LogP contribution in [0.5, 0.6) is 5.75 Å². The SMILES string of the molecule is CC(Br)Oc1c(F)c(F)c(F)c(F)c1F. The summed E-state index contributed by atoms with van der Waals surface area (Å²) in [6, 6.07) is 0. The molecule has 1 unspecified atom stereocenters. The van der Waals surface area contributed by atoms with E-state index in [-0.39, 0.29) is 0 Å². The minimum atomic E-state index is -2.21. The number of hydrogen-bond donors (Lipinski definition) is 0. The zero-order chi connectivity index (χ0) is 11.7. The van der Waals surface area contributed by atoms with Crippen molar-refractivity contribution in [3.8, 4) is 5.75 Å². The molecule has 0 aromatic heterocycles. The van der Waals surface area contributed by atoms with Crippen LogP contribution in [-0.4, -0.2) is 5.01 Å². The third-order valence-electron chi connectivity index (χ3n) is 1.45. The molecule has 7 heteroatoms. The highest BCUT2D eigenvalue weighted by molar-refractivity contribution is 9.09. The summed E-state index contributed by atoms with van der Waals surface area (Å²) < 4.78 is 67.9. The Labute approximate surface area is 90.0 Å². The number of alkyl halides is 1. The highest BCUT2D eigenvalue weighted by Crippen LogP contribution is 2.30. The van der Waals surface area contributed by atoms with E-state index < -0.39 is 39.8 Å². The number of benzene rings is 1. The van der Waals surface area contributed by atoms with Crippen molar-refractivity contribution in [2.75, 3.05) is 0 Å². The lowest BCUT2D eigenvalue weighted by atomic mass is 10.2. The Morgan fingerprint density at radius 3 is 1.53 bits per heavy atom. The average molecular weight is 291 g/mol. The van der Waals surface area contributed by atoms with Gasteiger partial charge in [0.1, 0.15) is 0 Å². The minimum absolute atomic E-state index is 0.884. The fourth-order valence-electron chi connectivity index (χ4n) is 0.851. The molecule has 0 aliphatic carbocycles. The van der Waals surface area contributed by atoms with Gasteiger partial charge in [-0.2, -0.15) is 8.78 Å². The summed E-state index contributed by atoms with van der Waals surface area (Å²) in [5.74, 6) is -11.5. The predicted octanol–water partition coefficient (Wildman–Crippen LogP) is 3.50. The maximum atomic E-state index is 12.9. The quantitative estimate of drug-likeness (QED) is 0.351. The summed E-state index contributed by atoms with van der Waals surface area (Å²) in [5, 5.41) is -0.884. The molecule has 1 rings (SSSR count). The van der Waals surface area contributed by atoms with E-state index in [1.165, 1.54) is 6.92 Å². The second kappa shape index (κ2) is 4.34. The van der Waals surface area contributed by atoms with Gasteiger partial charge < -0.3 is 4.74 Å². The van der Waals surface area contributed by atoms with E-state index in [1.54, 1.807) is 0 Å². The van der Waals surface area contributed by atoms with Gasteiger partial charge in [0.25, 0.3) is 0 Å². The minimum Gasteiger partial charge on any atom is -0.473 e. The molecule has 0 spiro atoms. The van der Waals surface area contributed by atoms with Crippen LogP contribution < -0.4 is 4.74 Å². The zero-order valence-electron chi connectivity index (χ0n) is 7.25. The summed E-state index contributed by atoms with van der Waals surface area (Å²) >= 11 is 2.75. The van der Waals surface area contributed by atoms with Gasteiger partial charge in [0.2, 0.25) is 29.1 Å². The van der Waals surface area contributed by atoms with Crippen LogP contribution in [0.3, 0.4) is 0 Å². The van der Waals surface area contributed by atoms with E-state index in [2.05, 4.69) is 20.7 Å². The summed E-state index contributed by atoms with van der Waals surface area (Å²) in [6.45, 7) is 1.32. The first kappa shape index (κ1) is 12.2. The van der Waals surface area contributed by atoms with E-state index in [0.717, 1.165) is 0 Å². The summed E-state index contributed by atoms with van der Waals surface area (Å²) in [6.07, 6.45) is 0. The summed E-state index contributed by atoms with van der Waals surface area (Å²) in [7, 11) is 0. The van der Waals surface area contributed by atoms with Gasteiger partial charge in [-0.25, -0.2) is 13.2 Å². The molecular weight excluding hydrogens is 287 g/mol. The Hall–Kier alpha value is -0.850. The molecule has 0 saturated carbocycles. The molecule has 15 heavy (non-hydrogen) atoms. The Kier molecular flexibility index (Phi) is 3.54. The van der Waals surface area contributed by atoms with Crippen molar-refractivity contribution in [2.45, 2.75) is 11.9 Å². The fourth-order valence-corrected chi connectivity index (χ4v) is 1.04. The van der Waals surface area contributed by atoms with Crippen molar-refractivity contribution in [3.63, 3.8) is 0 Å². The lowest BCUT2D eigenvalue weighted by Crippen LogP contribution is -2.10. The third-order valence-corrected chi connectivity index (χ3v) is 1.64. The summed E-state index contributed by atoms with van der Waals surface area (Å²) in [4.78, 5) is 0. The van der Waals surface area contributed by atoms with Crippen LogP contribution in [0.2, 0.25) is 0 Å². The monoisotopic (exact) mass is 290 g/mol. The van der Waals surface area contributed by atoms with E-state index >= 15 is 0 Å². The first-order chi connectivity index (χ1) is 6.86. The Balaban J connectivity index is 3.39. The highest BCUT2D eigenvalue weighted by Gasteiger charge is 2.27. The van der Waals surface area contributed by atoms with Gasteiger partial charge in [-0.3, -0.25) is 0 Å². The van der Waals surface area contributed by atoms with Crippen LogP contribution >= 0.6 is 15.9 Å². The van der Waals surface area contributed by atoms with Crippen LogP contribution in [0.15, 0.2) is 0 Å². The Bertz CT molecular complexity index is 364. The van der Waals surface area contributed by atoms with E-state index in [9.17, 15) is 22.0 Å². The standard InChI is InChI=1S/C8H4BrF5O/c1-2(9)15-8-6(13)4(11)3(10)5(12)7(8)14/h2H,1H3. The van der Waals surface area contributed by atoms with Gasteiger partial charge in [0.15, 0.2) is 10.8 Å². The molecule has 1 aromatic carbocycles. The van der Waals surface area contributed by atoms with E-state index in [1.807, 2.05) is 0 Å². The first-order valence-corrected chi connectivity index (χ1v) is 4.60. The number of ether oxygens (including phenoxy) is 1. The normalized spacial score (nSPS) is 12.7. The van der Waals surface area contributed by atoms with E-state index in [0.29, 0.717) is 0 Å². The molecule has 0 aliphatic heterocycles. The van der Waals surface area contributed by atoms with Crippen LogP contribution in [0.4, 0.5) is 22.0 Å². The maximum absolute atomic E-state index is 12.9. The number of hydrogen-bond acceptors (Lipinski definition) is 1. The van der Waals surface area contributed by atoms with Gasteiger partial charge in [-0.1, -0.05) is 0 Å². The first-order valence-electron chi connectivity index (χ1n) is 3.68. The van der Waals surface area contributed by atoms with Gasteiger partial charge in [0.05, 0.1) is 0 Å². The zero-order valence-corrected chi connectivity index (χ0v) is 8.84. The molecule has 1 aromatic rings. The molecule has 84 valence electrons. The van der Waals surface area contributed by atoms with Crippen molar-refractivity contribution >= 4 is 15.9 Å². The average Bonchev–Trinajstić information content (AvgIpc) is 2.18.